The van der Waals surface area contributed by atoms with Crippen molar-refractivity contribution in [3.05, 3.63) is 71.8 Å². The molecule has 3 aromatic carbocycles. The molecule has 3 rings (SSSR count). The fourth-order valence-electron chi connectivity index (χ4n) is 2.45. The lowest BCUT2D eigenvalue weighted by Crippen LogP contribution is -1.95. The molecule has 3 nitrogen and oxygen atoms in total. The first-order valence-corrected chi connectivity index (χ1v) is 6.93. The van der Waals surface area contributed by atoms with Crippen LogP contribution in [0, 0.1) is 0 Å². The highest BCUT2D eigenvalue weighted by atomic mass is 16.4. The fraction of sp³-hybridized carbons (Fsp3) is 0.0526. The number of ketones is 1. The molecule has 0 unspecified atom stereocenters. The van der Waals surface area contributed by atoms with E-state index < -0.39 is 5.97 Å². The number of hydrogen-bond acceptors (Lipinski definition) is 2. The van der Waals surface area contributed by atoms with Crippen molar-refractivity contribution >= 4 is 22.5 Å². The molecule has 0 bridgehead atoms. The van der Waals surface area contributed by atoms with E-state index >= 15 is 0 Å². The van der Waals surface area contributed by atoms with Crippen molar-refractivity contribution in [1.82, 2.24) is 0 Å². The summed E-state index contributed by atoms with van der Waals surface area (Å²) in [6.07, 6.45) is 0. The Hall–Kier alpha value is -2.94. The molecule has 0 amide bonds. The van der Waals surface area contributed by atoms with Gasteiger partial charge in [-0.3, -0.25) is 4.79 Å². The van der Waals surface area contributed by atoms with E-state index in [1.165, 1.54) is 0 Å². The number of aromatic carboxylic acids is 1. The van der Waals surface area contributed by atoms with Crippen LogP contribution in [-0.2, 0) is 0 Å². The maximum absolute atomic E-state index is 11.4. The molecule has 0 atom stereocenters. The number of carboxylic acid groups (broad SMARTS) is 1. The number of fused-ring (bicyclic) bond motifs is 1. The van der Waals surface area contributed by atoms with Gasteiger partial charge in [0.15, 0.2) is 5.78 Å². The number of rotatable bonds is 3. The lowest BCUT2D eigenvalue weighted by atomic mass is 9.98. The molecule has 3 heteroatoms. The van der Waals surface area contributed by atoms with Crippen molar-refractivity contribution in [2.75, 3.05) is 0 Å². The van der Waals surface area contributed by atoms with E-state index in [0.717, 1.165) is 21.9 Å². The smallest absolute Gasteiger partial charge is 0.335 e. The van der Waals surface area contributed by atoms with Gasteiger partial charge in [-0.2, -0.15) is 0 Å². The molecule has 0 heterocycles. The standard InChI is InChI=1S/C19H14O3/c1-12(20)15-6-7-18-11-16(8-9-17(18)10-15)13-2-4-14(5-3-13)19(21)22/h2-11H,1H3,(H,21,22). The van der Waals surface area contributed by atoms with Crippen molar-refractivity contribution < 1.29 is 14.7 Å². The molecule has 108 valence electrons. The maximum atomic E-state index is 11.4. The number of benzene rings is 3. The van der Waals surface area contributed by atoms with Gasteiger partial charge in [0.25, 0.3) is 0 Å². The molecule has 0 aliphatic rings. The van der Waals surface area contributed by atoms with Crippen LogP contribution in [-0.4, -0.2) is 16.9 Å². The molecular weight excluding hydrogens is 276 g/mol. The van der Waals surface area contributed by atoms with Crippen LogP contribution in [0.25, 0.3) is 21.9 Å². The Bertz CT molecular complexity index is 877. The van der Waals surface area contributed by atoms with Crippen LogP contribution in [0.1, 0.15) is 27.6 Å². The summed E-state index contributed by atoms with van der Waals surface area (Å²) in [7, 11) is 0. The molecule has 0 saturated carbocycles. The Morgan fingerprint density at radius 2 is 1.27 bits per heavy atom. The van der Waals surface area contributed by atoms with Crippen LogP contribution in [0.4, 0.5) is 0 Å². The molecule has 0 aliphatic carbocycles. The zero-order valence-electron chi connectivity index (χ0n) is 12.0. The predicted molar refractivity (Wildman–Crippen MR) is 86.3 cm³/mol. The van der Waals surface area contributed by atoms with E-state index in [0.29, 0.717) is 5.56 Å². The average Bonchev–Trinajstić information content (AvgIpc) is 2.54. The zero-order valence-corrected chi connectivity index (χ0v) is 12.0. The molecule has 0 fully saturated rings. The van der Waals surface area contributed by atoms with Crippen molar-refractivity contribution in [2.24, 2.45) is 0 Å². The van der Waals surface area contributed by atoms with Gasteiger partial charge in [0.2, 0.25) is 0 Å². The summed E-state index contributed by atoms with van der Waals surface area (Å²) in [4.78, 5) is 22.3. The maximum Gasteiger partial charge on any atom is 0.335 e. The van der Waals surface area contributed by atoms with Crippen LogP contribution < -0.4 is 0 Å². The van der Waals surface area contributed by atoms with Gasteiger partial charge >= 0.3 is 5.97 Å². The molecule has 0 spiro atoms. The van der Waals surface area contributed by atoms with Gasteiger partial charge in [-0.05, 0) is 53.1 Å². The quantitative estimate of drug-likeness (QED) is 0.727. The second kappa shape index (κ2) is 5.45. The third-order valence-electron chi connectivity index (χ3n) is 3.71. The SMILES string of the molecule is CC(=O)c1ccc2cc(-c3ccc(C(=O)O)cc3)ccc2c1. The summed E-state index contributed by atoms with van der Waals surface area (Å²) in [5.74, 6) is -0.878. The zero-order chi connectivity index (χ0) is 15.7. The topological polar surface area (TPSA) is 54.4 Å². The number of carboxylic acids is 1. The van der Waals surface area contributed by atoms with E-state index in [1.807, 2.05) is 36.4 Å². The minimum absolute atomic E-state index is 0.0511. The average molecular weight is 290 g/mol. The molecule has 0 aromatic heterocycles. The summed E-state index contributed by atoms with van der Waals surface area (Å²) in [5.41, 5.74) is 2.95. The van der Waals surface area contributed by atoms with E-state index in [-0.39, 0.29) is 11.3 Å². The lowest BCUT2D eigenvalue weighted by molar-refractivity contribution is 0.0696. The van der Waals surface area contributed by atoms with Gasteiger partial charge in [0, 0.05) is 5.56 Å². The molecule has 0 aliphatic heterocycles. The first-order valence-electron chi connectivity index (χ1n) is 6.93. The Morgan fingerprint density at radius 1 is 0.727 bits per heavy atom. The minimum atomic E-state index is -0.929. The van der Waals surface area contributed by atoms with Crippen molar-refractivity contribution in [1.29, 1.82) is 0 Å². The van der Waals surface area contributed by atoms with Crippen molar-refractivity contribution in [3.8, 4) is 11.1 Å². The van der Waals surface area contributed by atoms with Crippen LogP contribution in [0.5, 0.6) is 0 Å². The lowest BCUT2D eigenvalue weighted by Gasteiger charge is -2.06. The number of carbonyl (C=O) groups is 2. The van der Waals surface area contributed by atoms with E-state index in [4.69, 9.17) is 5.11 Å². The first kappa shape index (κ1) is 14.0. The van der Waals surface area contributed by atoms with Crippen LogP contribution >= 0.6 is 0 Å². The Balaban J connectivity index is 2.03. The van der Waals surface area contributed by atoms with Gasteiger partial charge in [-0.15, -0.1) is 0 Å². The normalized spacial score (nSPS) is 10.6. The fourth-order valence-corrected chi connectivity index (χ4v) is 2.45. The van der Waals surface area contributed by atoms with Gasteiger partial charge in [0.05, 0.1) is 5.56 Å². The highest BCUT2D eigenvalue weighted by Gasteiger charge is 2.05. The molecule has 3 aromatic rings. The van der Waals surface area contributed by atoms with E-state index in [9.17, 15) is 9.59 Å². The highest BCUT2D eigenvalue weighted by Crippen LogP contribution is 2.25. The summed E-state index contributed by atoms with van der Waals surface area (Å²) in [6.45, 7) is 1.56. The van der Waals surface area contributed by atoms with E-state index in [1.54, 1.807) is 31.2 Å². The number of hydrogen-bond donors (Lipinski definition) is 1. The molecule has 1 N–H and O–H groups in total. The van der Waals surface area contributed by atoms with Crippen LogP contribution in [0.2, 0.25) is 0 Å². The number of carbonyl (C=O) groups excluding carboxylic acids is 1. The highest BCUT2D eigenvalue weighted by molar-refractivity contribution is 5.99. The Kier molecular flexibility index (Phi) is 3.47. The summed E-state index contributed by atoms with van der Waals surface area (Å²) >= 11 is 0. The molecule has 0 radical (unpaired) electrons. The molecular formula is C19H14O3. The van der Waals surface area contributed by atoms with Crippen LogP contribution in [0.3, 0.4) is 0 Å². The first-order chi connectivity index (χ1) is 10.5. The second-order valence-electron chi connectivity index (χ2n) is 5.22. The van der Waals surface area contributed by atoms with Gasteiger partial charge < -0.3 is 5.11 Å². The summed E-state index contributed by atoms with van der Waals surface area (Å²) < 4.78 is 0. The molecule has 22 heavy (non-hydrogen) atoms. The third-order valence-corrected chi connectivity index (χ3v) is 3.71. The van der Waals surface area contributed by atoms with Gasteiger partial charge in [-0.1, -0.05) is 36.4 Å². The third kappa shape index (κ3) is 2.61. The predicted octanol–water partition coefficient (Wildman–Crippen LogP) is 4.41. The Morgan fingerprint density at radius 3 is 1.91 bits per heavy atom. The largest absolute Gasteiger partial charge is 0.478 e. The Labute approximate surface area is 127 Å². The minimum Gasteiger partial charge on any atom is -0.478 e. The second-order valence-corrected chi connectivity index (χ2v) is 5.22. The van der Waals surface area contributed by atoms with Crippen molar-refractivity contribution in [3.63, 3.8) is 0 Å². The number of Topliss-reactive ketones (excluding diaryl/α,β-unsaturated/α-hetero) is 1. The summed E-state index contributed by atoms with van der Waals surface area (Å²) in [6, 6.07) is 18.4. The monoisotopic (exact) mass is 290 g/mol. The van der Waals surface area contributed by atoms with Crippen molar-refractivity contribution in [2.45, 2.75) is 6.92 Å². The van der Waals surface area contributed by atoms with Crippen LogP contribution in [0.15, 0.2) is 60.7 Å². The van der Waals surface area contributed by atoms with Gasteiger partial charge in [0.1, 0.15) is 0 Å². The van der Waals surface area contributed by atoms with E-state index in [2.05, 4.69) is 0 Å². The molecule has 0 saturated heterocycles. The summed E-state index contributed by atoms with van der Waals surface area (Å²) in [5, 5.41) is 11.0. The van der Waals surface area contributed by atoms with Gasteiger partial charge in [-0.25, -0.2) is 4.79 Å².